The topological polar surface area (TPSA) is 85.8 Å². The molecule has 8 heteroatoms. The van der Waals surface area contributed by atoms with Crippen molar-refractivity contribution >= 4 is 11.6 Å². The Labute approximate surface area is 138 Å². The van der Waals surface area contributed by atoms with E-state index in [9.17, 15) is 0 Å². The van der Waals surface area contributed by atoms with Gasteiger partial charge >= 0.3 is 0 Å². The minimum atomic E-state index is 0.00194. The lowest BCUT2D eigenvalue weighted by Crippen LogP contribution is -2.20. The van der Waals surface area contributed by atoms with E-state index in [1.807, 2.05) is 31.2 Å². The van der Waals surface area contributed by atoms with Crippen molar-refractivity contribution in [3.05, 3.63) is 66.6 Å². The molecule has 0 aliphatic rings. The molecule has 24 heavy (non-hydrogen) atoms. The smallest absolute Gasteiger partial charge is 0.254 e. The first kappa shape index (κ1) is 14.3. The van der Waals surface area contributed by atoms with Gasteiger partial charge in [0.15, 0.2) is 0 Å². The summed E-state index contributed by atoms with van der Waals surface area (Å²) in [6, 6.07) is 12.2. The Morgan fingerprint density at radius 3 is 2.79 bits per heavy atom. The summed E-state index contributed by atoms with van der Waals surface area (Å²) in [6.45, 7) is 2.58. The van der Waals surface area contributed by atoms with Crippen LogP contribution in [0.25, 0.3) is 5.78 Å². The standard InChI is InChI=1S/C16H16N8/c1-12-7-15(24-16(21-12)18-10-20-24)22-14(8-23-11-17-9-19-23)13-5-3-2-4-6-13/h2-7,9-11,14,22H,8H2,1H3. The SMILES string of the molecule is Cc1cc(NC(Cn2cncn2)c2ccccc2)n2ncnc2n1. The molecular formula is C16H16N8. The van der Waals surface area contributed by atoms with Crippen LogP contribution in [0.3, 0.4) is 0 Å². The third-order valence-corrected chi connectivity index (χ3v) is 3.74. The number of nitrogens with zero attached hydrogens (tertiary/aromatic N) is 7. The van der Waals surface area contributed by atoms with E-state index in [-0.39, 0.29) is 6.04 Å². The van der Waals surface area contributed by atoms with Crippen LogP contribution in [-0.2, 0) is 6.54 Å². The van der Waals surface area contributed by atoms with Gasteiger partial charge in [0.2, 0.25) is 0 Å². The molecule has 4 rings (SSSR count). The van der Waals surface area contributed by atoms with Gasteiger partial charge in [-0.3, -0.25) is 4.68 Å². The molecule has 0 saturated carbocycles. The summed E-state index contributed by atoms with van der Waals surface area (Å²) >= 11 is 0. The lowest BCUT2D eigenvalue weighted by Gasteiger charge is -2.20. The summed E-state index contributed by atoms with van der Waals surface area (Å²) in [7, 11) is 0. The molecular weight excluding hydrogens is 304 g/mol. The van der Waals surface area contributed by atoms with Crippen molar-refractivity contribution in [2.45, 2.75) is 19.5 Å². The maximum absolute atomic E-state index is 4.37. The molecule has 0 amide bonds. The Kier molecular flexibility index (Phi) is 3.62. The summed E-state index contributed by atoms with van der Waals surface area (Å²) in [5, 5.41) is 12.0. The van der Waals surface area contributed by atoms with Gasteiger partial charge in [-0.25, -0.2) is 9.97 Å². The lowest BCUT2D eigenvalue weighted by atomic mass is 10.1. The number of aromatic nitrogens is 7. The molecule has 1 unspecified atom stereocenters. The molecule has 0 fully saturated rings. The van der Waals surface area contributed by atoms with Gasteiger partial charge in [0.1, 0.15) is 24.8 Å². The minimum Gasteiger partial charge on any atom is -0.361 e. The van der Waals surface area contributed by atoms with Gasteiger partial charge in [-0.05, 0) is 12.5 Å². The van der Waals surface area contributed by atoms with E-state index in [1.54, 1.807) is 15.5 Å². The predicted octanol–water partition coefficient (Wildman–Crippen LogP) is 1.88. The molecule has 0 saturated heterocycles. The normalized spacial score (nSPS) is 12.4. The van der Waals surface area contributed by atoms with E-state index >= 15 is 0 Å². The number of aryl methyl sites for hydroxylation is 1. The maximum Gasteiger partial charge on any atom is 0.254 e. The van der Waals surface area contributed by atoms with Gasteiger partial charge in [-0.2, -0.15) is 19.7 Å². The third-order valence-electron chi connectivity index (χ3n) is 3.74. The van der Waals surface area contributed by atoms with Crippen LogP contribution in [0.5, 0.6) is 0 Å². The zero-order valence-corrected chi connectivity index (χ0v) is 13.1. The Hall–Kier alpha value is -3.29. The minimum absolute atomic E-state index is 0.00194. The summed E-state index contributed by atoms with van der Waals surface area (Å²) in [6.07, 6.45) is 4.75. The van der Waals surface area contributed by atoms with Crippen molar-refractivity contribution in [1.29, 1.82) is 0 Å². The highest BCUT2D eigenvalue weighted by Crippen LogP contribution is 2.21. The fraction of sp³-hybridized carbons (Fsp3) is 0.188. The molecule has 0 aliphatic carbocycles. The van der Waals surface area contributed by atoms with Crippen LogP contribution in [0.1, 0.15) is 17.3 Å². The van der Waals surface area contributed by atoms with Crippen LogP contribution >= 0.6 is 0 Å². The van der Waals surface area contributed by atoms with Gasteiger partial charge in [0, 0.05) is 11.8 Å². The first-order chi connectivity index (χ1) is 11.8. The average Bonchev–Trinajstić information content (AvgIpc) is 3.26. The molecule has 1 atom stereocenters. The van der Waals surface area contributed by atoms with Crippen LogP contribution in [0, 0.1) is 6.92 Å². The molecule has 1 N–H and O–H groups in total. The summed E-state index contributed by atoms with van der Waals surface area (Å²) in [4.78, 5) is 12.6. The van der Waals surface area contributed by atoms with Gasteiger partial charge in [0.25, 0.3) is 5.78 Å². The maximum atomic E-state index is 4.37. The van der Waals surface area contributed by atoms with Gasteiger partial charge in [-0.1, -0.05) is 30.3 Å². The highest BCUT2D eigenvalue weighted by atomic mass is 15.4. The summed E-state index contributed by atoms with van der Waals surface area (Å²) in [5.74, 6) is 1.41. The zero-order valence-electron chi connectivity index (χ0n) is 13.1. The largest absolute Gasteiger partial charge is 0.361 e. The van der Waals surface area contributed by atoms with E-state index in [0.29, 0.717) is 12.3 Å². The van der Waals surface area contributed by atoms with Crippen molar-refractivity contribution in [2.75, 3.05) is 5.32 Å². The van der Waals surface area contributed by atoms with E-state index in [4.69, 9.17) is 0 Å². The lowest BCUT2D eigenvalue weighted by molar-refractivity contribution is 0.547. The van der Waals surface area contributed by atoms with Gasteiger partial charge in [0.05, 0.1) is 12.6 Å². The molecule has 0 bridgehead atoms. The molecule has 8 nitrogen and oxygen atoms in total. The number of hydrogen-bond acceptors (Lipinski definition) is 6. The second-order valence-electron chi connectivity index (χ2n) is 5.48. The first-order valence-electron chi connectivity index (χ1n) is 7.61. The number of hydrogen-bond donors (Lipinski definition) is 1. The van der Waals surface area contributed by atoms with E-state index in [1.165, 1.54) is 12.7 Å². The first-order valence-corrected chi connectivity index (χ1v) is 7.61. The molecule has 4 aromatic rings. The Balaban J connectivity index is 1.72. The van der Waals surface area contributed by atoms with E-state index < -0.39 is 0 Å². The fourth-order valence-electron chi connectivity index (χ4n) is 2.65. The molecule has 0 spiro atoms. The van der Waals surface area contributed by atoms with Crippen LogP contribution < -0.4 is 5.32 Å². The number of benzene rings is 1. The van der Waals surface area contributed by atoms with Crippen LogP contribution in [-0.4, -0.2) is 34.3 Å². The second kappa shape index (κ2) is 6.07. The highest BCUT2D eigenvalue weighted by molar-refractivity contribution is 5.46. The van der Waals surface area contributed by atoms with Crippen molar-refractivity contribution in [2.24, 2.45) is 0 Å². The van der Waals surface area contributed by atoms with Crippen molar-refractivity contribution in [3.8, 4) is 0 Å². The molecule has 120 valence electrons. The molecule has 1 aromatic carbocycles. The van der Waals surface area contributed by atoms with Crippen LogP contribution in [0.15, 0.2) is 55.4 Å². The Bertz CT molecular complexity index is 929. The molecule has 3 heterocycles. The predicted molar refractivity (Wildman–Crippen MR) is 88.3 cm³/mol. The fourth-order valence-corrected chi connectivity index (χ4v) is 2.65. The highest BCUT2D eigenvalue weighted by Gasteiger charge is 2.15. The van der Waals surface area contributed by atoms with Crippen molar-refractivity contribution < 1.29 is 0 Å². The average molecular weight is 320 g/mol. The number of fused-ring (bicyclic) bond motifs is 1. The van der Waals surface area contributed by atoms with E-state index in [0.717, 1.165) is 17.1 Å². The quantitative estimate of drug-likeness (QED) is 0.604. The summed E-state index contributed by atoms with van der Waals surface area (Å²) < 4.78 is 3.50. The Morgan fingerprint density at radius 1 is 1.12 bits per heavy atom. The van der Waals surface area contributed by atoms with Gasteiger partial charge < -0.3 is 5.32 Å². The third kappa shape index (κ3) is 2.81. The monoisotopic (exact) mass is 320 g/mol. The van der Waals surface area contributed by atoms with Crippen LogP contribution in [0.4, 0.5) is 5.82 Å². The number of rotatable bonds is 5. The van der Waals surface area contributed by atoms with Crippen molar-refractivity contribution in [1.82, 2.24) is 34.3 Å². The van der Waals surface area contributed by atoms with Crippen LogP contribution in [0.2, 0.25) is 0 Å². The Morgan fingerprint density at radius 2 is 2.00 bits per heavy atom. The molecule has 0 radical (unpaired) electrons. The number of nitrogens with one attached hydrogen (secondary N) is 1. The van der Waals surface area contributed by atoms with Gasteiger partial charge in [-0.15, -0.1) is 0 Å². The zero-order chi connectivity index (χ0) is 16.4. The molecule has 3 aromatic heterocycles. The number of anilines is 1. The molecule has 0 aliphatic heterocycles. The van der Waals surface area contributed by atoms with E-state index in [2.05, 4.69) is 42.6 Å². The summed E-state index contributed by atoms with van der Waals surface area (Å²) in [5.41, 5.74) is 2.03. The van der Waals surface area contributed by atoms with Crippen molar-refractivity contribution in [3.63, 3.8) is 0 Å². The second-order valence-corrected chi connectivity index (χ2v) is 5.48.